The third-order valence-corrected chi connectivity index (χ3v) is 2.86. The number of ether oxygens (including phenoxy) is 1. The van der Waals surface area contributed by atoms with Crippen molar-refractivity contribution in [2.24, 2.45) is 0 Å². The molecule has 1 aromatic carbocycles. The van der Waals surface area contributed by atoms with Crippen LogP contribution in [0.4, 0.5) is 5.82 Å². The lowest BCUT2D eigenvalue weighted by molar-refractivity contribution is 0.297. The molecule has 0 spiro atoms. The van der Waals surface area contributed by atoms with Gasteiger partial charge in [0.05, 0.1) is 5.52 Å². The Kier molecular flexibility index (Phi) is 2.97. The Bertz CT molecular complexity index is 708. The molecule has 0 aliphatic carbocycles. The number of rotatable bonds is 3. The van der Waals surface area contributed by atoms with Crippen LogP contribution in [0.5, 0.6) is 5.75 Å². The maximum absolute atomic E-state index is 5.80. The third-order valence-electron chi connectivity index (χ3n) is 2.61. The number of nitrogens with one attached hydrogen (secondary N) is 1. The van der Waals surface area contributed by atoms with Gasteiger partial charge in [-0.1, -0.05) is 11.6 Å². The number of fused-ring (bicyclic) bond motifs is 1. The normalized spacial score (nSPS) is 10.8. The number of nitrogens with zero attached hydrogens (tertiary/aromatic N) is 2. The van der Waals surface area contributed by atoms with Gasteiger partial charge >= 0.3 is 0 Å². The minimum absolute atomic E-state index is 0.331. The molecular formula is C13H11ClN4O. The summed E-state index contributed by atoms with van der Waals surface area (Å²) in [6.45, 7) is 0.331. The van der Waals surface area contributed by atoms with Crippen molar-refractivity contribution in [1.82, 2.24) is 15.0 Å². The van der Waals surface area contributed by atoms with E-state index < -0.39 is 0 Å². The van der Waals surface area contributed by atoms with E-state index >= 15 is 0 Å². The Morgan fingerprint density at radius 2 is 1.89 bits per heavy atom. The zero-order valence-corrected chi connectivity index (χ0v) is 10.7. The SMILES string of the molecule is Nc1ccc2[nH]c(COc3ccc(Cl)cc3)nc2n1. The van der Waals surface area contributed by atoms with Crippen molar-refractivity contribution in [3.63, 3.8) is 0 Å². The van der Waals surface area contributed by atoms with Gasteiger partial charge in [0.2, 0.25) is 0 Å². The van der Waals surface area contributed by atoms with Gasteiger partial charge in [0.25, 0.3) is 0 Å². The first-order valence-electron chi connectivity index (χ1n) is 5.70. The first kappa shape index (κ1) is 11.8. The Balaban J connectivity index is 1.76. The van der Waals surface area contributed by atoms with E-state index in [4.69, 9.17) is 22.1 Å². The second kappa shape index (κ2) is 4.78. The van der Waals surface area contributed by atoms with Crippen molar-refractivity contribution in [2.75, 3.05) is 5.73 Å². The van der Waals surface area contributed by atoms with Crippen LogP contribution in [0.25, 0.3) is 11.2 Å². The first-order valence-corrected chi connectivity index (χ1v) is 6.08. The summed E-state index contributed by atoms with van der Waals surface area (Å²) in [5, 5.41) is 0.677. The summed E-state index contributed by atoms with van der Waals surface area (Å²) in [4.78, 5) is 11.6. The number of hydrogen-bond acceptors (Lipinski definition) is 4. The summed E-state index contributed by atoms with van der Waals surface area (Å²) in [6, 6.07) is 10.7. The summed E-state index contributed by atoms with van der Waals surface area (Å²) < 4.78 is 5.60. The summed E-state index contributed by atoms with van der Waals surface area (Å²) in [5.41, 5.74) is 7.03. The van der Waals surface area contributed by atoms with E-state index in [1.807, 2.05) is 6.07 Å². The predicted molar refractivity (Wildman–Crippen MR) is 74.1 cm³/mol. The number of aromatic amines is 1. The molecule has 0 saturated heterocycles. The molecular weight excluding hydrogens is 264 g/mol. The molecule has 0 atom stereocenters. The van der Waals surface area contributed by atoms with E-state index in [9.17, 15) is 0 Å². The maximum Gasteiger partial charge on any atom is 0.179 e. The number of nitrogen functional groups attached to an aromatic ring is 1. The molecule has 0 aliphatic heterocycles. The third kappa shape index (κ3) is 2.61. The summed E-state index contributed by atoms with van der Waals surface area (Å²) in [7, 11) is 0. The molecule has 19 heavy (non-hydrogen) atoms. The topological polar surface area (TPSA) is 76.8 Å². The fourth-order valence-corrected chi connectivity index (χ4v) is 1.83. The average molecular weight is 275 g/mol. The number of pyridine rings is 1. The monoisotopic (exact) mass is 274 g/mol. The van der Waals surface area contributed by atoms with Gasteiger partial charge in [-0.05, 0) is 36.4 Å². The number of imidazole rings is 1. The first-order chi connectivity index (χ1) is 9.20. The summed E-state index contributed by atoms with van der Waals surface area (Å²) in [6.07, 6.45) is 0. The number of nitrogens with two attached hydrogens (primary N) is 1. The molecule has 3 N–H and O–H groups in total. The minimum atomic E-state index is 0.331. The lowest BCUT2D eigenvalue weighted by Crippen LogP contribution is -1.97. The second-order valence-corrected chi connectivity index (χ2v) is 4.47. The number of halogens is 1. The van der Waals surface area contributed by atoms with Crippen LogP contribution in [-0.2, 0) is 6.61 Å². The minimum Gasteiger partial charge on any atom is -0.486 e. The van der Waals surface area contributed by atoms with E-state index in [-0.39, 0.29) is 0 Å². The number of H-pyrrole nitrogens is 1. The highest BCUT2D eigenvalue weighted by Crippen LogP contribution is 2.17. The zero-order valence-electron chi connectivity index (χ0n) is 9.93. The van der Waals surface area contributed by atoms with Gasteiger partial charge in [0.1, 0.15) is 24.0 Å². The van der Waals surface area contributed by atoms with Crippen molar-refractivity contribution in [2.45, 2.75) is 6.61 Å². The molecule has 6 heteroatoms. The summed E-state index contributed by atoms with van der Waals surface area (Å²) in [5.74, 6) is 1.88. The zero-order chi connectivity index (χ0) is 13.2. The fourth-order valence-electron chi connectivity index (χ4n) is 1.71. The van der Waals surface area contributed by atoms with Crippen molar-refractivity contribution in [1.29, 1.82) is 0 Å². The molecule has 2 heterocycles. The predicted octanol–water partition coefficient (Wildman–Crippen LogP) is 2.77. The van der Waals surface area contributed by atoms with Gasteiger partial charge in [-0.25, -0.2) is 9.97 Å². The molecule has 0 bridgehead atoms. The number of hydrogen-bond donors (Lipinski definition) is 2. The van der Waals surface area contributed by atoms with Crippen molar-refractivity contribution in [3.8, 4) is 5.75 Å². The Labute approximate surface area is 114 Å². The maximum atomic E-state index is 5.80. The molecule has 0 amide bonds. The molecule has 0 aliphatic rings. The number of benzene rings is 1. The average Bonchev–Trinajstić information content (AvgIpc) is 2.80. The quantitative estimate of drug-likeness (QED) is 0.770. The lowest BCUT2D eigenvalue weighted by atomic mass is 10.3. The van der Waals surface area contributed by atoms with Crippen molar-refractivity contribution in [3.05, 3.63) is 47.2 Å². The van der Waals surface area contributed by atoms with Crippen molar-refractivity contribution >= 4 is 28.6 Å². The van der Waals surface area contributed by atoms with Gasteiger partial charge in [0.15, 0.2) is 5.65 Å². The Morgan fingerprint density at radius 3 is 2.68 bits per heavy atom. The van der Waals surface area contributed by atoms with Gasteiger partial charge in [-0.15, -0.1) is 0 Å². The molecule has 0 saturated carbocycles. The largest absolute Gasteiger partial charge is 0.486 e. The molecule has 3 aromatic rings. The van der Waals surface area contributed by atoms with Gasteiger partial charge < -0.3 is 15.5 Å². The second-order valence-electron chi connectivity index (χ2n) is 4.03. The van der Waals surface area contributed by atoms with Crippen LogP contribution in [0.2, 0.25) is 5.02 Å². The van der Waals surface area contributed by atoms with Crippen LogP contribution in [0.3, 0.4) is 0 Å². The molecule has 0 radical (unpaired) electrons. The van der Waals surface area contributed by atoms with Crippen molar-refractivity contribution < 1.29 is 4.74 Å². The van der Waals surface area contributed by atoms with Gasteiger partial charge in [0, 0.05) is 5.02 Å². The highest BCUT2D eigenvalue weighted by molar-refractivity contribution is 6.30. The Hall–Kier alpha value is -2.27. The molecule has 96 valence electrons. The number of aromatic nitrogens is 3. The molecule has 2 aromatic heterocycles. The van der Waals surface area contributed by atoms with E-state index in [0.717, 1.165) is 11.3 Å². The van der Waals surface area contributed by atoms with E-state index in [0.29, 0.717) is 28.9 Å². The van der Waals surface area contributed by atoms with E-state index in [1.54, 1.807) is 30.3 Å². The van der Waals surface area contributed by atoms with Crippen LogP contribution in [-0.4, -0.2) is 15.0 Å². The molecule has 0 fully saturated rings. The lowest BCUT2D eigenvalue weighted by Gasteiger charge is -2.03. The van der Waals surface area contributed by atoms with Gasteiger partial charge in [-0.2, -0.15) is 0 Å². The molecule has 5 nitrogen and oxygen atoms in total. The van der Waals surface area contributed by atoms with Crippen LogP contribution >= 0.6 is 11.6 Å². The highest BCUT2D eigenvalue weighted by atomic mass is 35.5. The molecule has 0 unspecified atom stereocenters. The van der Waals surface area contributed by atoms with E-state index in [1.165, 1.54) is 0 Å². The van der Waals surface area contributed by atoms with Crippen LogP contribution in [0, 0.1) is 0 Å². The van der Waals surface area contributed by atoms with Crippen LogP contribution in [0.1, 0.15) is 5.82 Å². The van der Waals surface area contributed by atoms with Gasteiger partial charge in [-0.3, -0.25) is 0 Å². The van der Waals surface area contributed by atoms with Crippen LogP contribution < -0.4 is 10.5 Å². The smallest absolute Gasteiger partial charge is 0.179 e. The Morgan fingerprint density at radius 1 is 1.11 bits per heavy atom. The van der Waals surface area contributed by atoms with Crippen LogP contribution in [0.15, 0.2) is 36.4 Å². The fraction of sp³-hybridized carbons (Fsp3) is 0.0769. The summed E-state index contributed by atoms with van der Waals surface area (Å²) >= 11 is 5.80. The number of anilines is 1. The standard InChI is InChI=1S/C13H11ClN4O/c14-8-1-3-9(4-2-8)19-7-12-16-10-5-6-11(15)17-13(10)18-12/h1-6H,7H2,(H3,15,16,17,18). The van der Waals surface area contributed by atoms with E-state index in [2.05, 4.69) is 15.0 Å². The highest BCUT2D eigenvalue weighted by Gasteiger charge is 2.05. The molecule has 3 rings (SSSR count).